The van der Waals surface area contributed by atoms with Crippen molar-refractivity contribution in [3.05, 3.63) is 60.5 Å². The number of ketones is 2. The van der Waals surface area contributed by atoms with Crippen LogP contribution in [-0.4, -0.2) is 62.1 Å². The van der Waals surface area contributed by atoms with E-state index in [2.05, 4.69) is 34.0 Å². The lowest BCUT2D eigenvalue weighted by Crippen LogP contribution is -2.39. The molecule has 40 heavy (non-hydrogen) atoms. The van der Waals surface area contributed by atoms with E-state index in [1.165, 1.54) is 24.6 Å². The molecule has 9 nitrogen and oxygen atoms in total. The molecule has 1 fully saturated rings. The largest absolute Gasteiger partial charge is 0.493 e. The van der Waals surface area contributed by atoms with Crippen LogP contribution in [-0.2, 0) is 14.3 Å². The molecule has 208 valence electrons. The number of ether oxygens (including phenoxy) is 3. The van der Waals surface area contributed by atoms with Crippen molar-refractivity contribution in [3.63, 3.8) is 0 Å². The molecule has 2 heterocycles. The molecule has 1 aromatic heterocycles. The molecule has 2 aromatic carbocycles. The van der Waals surface area contributed by atoms with E-state index in [4.69, 9.17) is 14.2 Å². The van der Waals surface area contributed by atoms with Crippen LogP contribution in [0.25, 0.3) is 16.5 Å². The van der Waals surface area contributed by atoms with Crippen LogP contribution in [0.2, 0.25) is 0 Å². The number of rotatable bonds is 9. The molecule has 0 amide bonds. The first kappa shape index (κ1) is 27.3. The van der Waals surface area contributed by atoms with E-state index in [9.17, 15) is 9.59 Å². The molecule has 2 aliphatic rings. The maximum atomic E-state index is 12.9. The van der Waals surface area contributed by atoms with Gasteiger partial charge in [-0.2, -0.15) is 0 Å². The van der Waals surface area contributed by atoms with Gasteiger partial charge in [0.25, 0.3) is 0 Å². The van der Waals surface area contributed by atoms with Gasteiger partial charge in [0.15, 0.2) is 23.1 Å². The lowest BCUT2D eigenvalue weighted by molar-refractivity contribution is -0.113. The number of allylic oxidation sites excluding steroid dienone is 4. The van der Waals surface area contributed by atoms with Crippen molar-refractivity contribution in [1.29, 1.82) is 0 Å². The zero-order chi connectivity index (χ0) is 28.2. The fourth-order valence-electron chi connectivity index (χ4n) is 5.49. The van der Waals surface area contributed by atoms with Crippen molar-refractivity contribution >= 4 is 45.2 Å². The van der Waals surface area contributed by atoms with Crippen LogP contribution in [0, 0.1) is 11.8 Å². The molecule has 9 heteroatoms. The molecule has 1 N–H and O–H groups in total. The Kier molecular flexibility index (Phi) is 8.11. The first-order valence-corrected chi connectivity index (χ1v) is 13.4. The smallest absolute Gasteiger partial charge is 0.186 e. The highest BCUT2D eigenvalue weighted by Gasteiger charge is 2.27. The van der Waals surface area contributed by atoms with E-state index >= 15 is 0 Å². The number of benzene rings is 2. The summed E-state index contributed by atoms with van der Waals surface area (Å²) in [6.45, 7) is 7.10. The van der Waals surface area contributed by atoms with E-state index in [1.54, 1.807) is 14.2 Å². The Morgan fingerprint density at radius 2 is 1.77 bits per heavy atom. The third-order valence-electron chi connectivity index (χ3n) is 7.18. The van der Waals surface area contributed by atoms with Gasteiger partial charge in [-0.05, 0) is 60.8 Å². The number of hydrogen-bond donors (Lipinski definition) is 1. The van der Waals surface area contributed by atoms with Gasteiger partial charge in [-0.1, -0.05) is 13.8 Å². The van der Waals surface area contributed by atoms with E-state index < -0.39 is 0 Å². The van der Waals surface area contributed by atoms with Crippen LogP contribution < -0.4 is 19.7 Å². The van der Waals surface area contributed by atoms with Crippen LogP contribution in [0.4, 0.5) is 17.2 Å². The summed E-state index contributed by atoms with van der Waals surface area (Å²) >= 11 is 0. The van der Waals surface area contributed by atoms with Gasteiger partial charge in [0, 0.05) is 54.2 Å². The molecule has 3 aromatic rings. The van der Waals surface area contributed by atoms with Gasteiger partial charge in [-0.15, -0.1) is 0 Å². The number of fused-ring (bicyclic) bond motifs is 1. The summed E-state index contributed by atoms with van der Waals surface area (Å²) in [5, 5.41) is 4.14. The highest BCUT2D eigenvalue weighted by Crippen LogP contribution is 2.38. The third-order valence-corrected chi connectivity index (χ3v) is 7.18. The molecule has 0 radical (unpaired) electrons. The summed E-state index contributed by atoms with van der Waals surface area (Å²) in [7, 11) is 3.20. The first-order chi connectivity index (χ1) is 19.4. The molecule has 0 spiro atoms. The maximum absolute atomic E-state index is 12.9. The van der Waals surface area contributed by atoms with Gasteiger partial charge in [0.1, 0.15) is 18.8 Å². The molecule has 0 saturated carbocycles. The summed E-state index contributed by atoms with van der Waals surface area (Å²) in [6, 6.07) is 9.56. The third kappa shape index (κ3) is 5.84. The molecule has 1 aliphatic carbocycles. The Morgan fingerprint density at radius 3 is 2.52 bits per heavy atom. The fourth-order valence-corrected chi connectivity index (χ4v) is 5.49. The van der Waals surface area contributed by atoms with Crippen LogP contribution in [0.15, 0.2) is 54.9 Å². The number of nitrogens with one attached hydrogen (secondary N) is 1. The molecule has 0 bridgehead atoms. The fraction of sp³-hybridized carbons (Fsp3) is 0.355. The molecule has 2 atom stereocenters. The number of nitrogens with zero attached hydrogens (tertiary/aromatic N) is 3. The second kappa shape index (κ2) is 11.9. The molecular formula is C31H34N4O5. The number of piperidine rings is 1. The van der Waals surface area contributed by atoms with E-state index in [-0.39, 0.29) is 11.6 Å². The van der Waals surface area contributed by atoms with E-state index in [0.717, 1.165) is 41.8 Å². The zero-order valence-electron chi connectivity index (χ0n) is 23.3. The average Bonchev–Trinajstić information content (AvgIpc) is 2.93. The topological polar surface area (TPSA) is 103 Å². The predicted molar refractivity (Wildman–Crippen MR) is 155 cm³/mol. The number of aromatic nitrogens is 2. The van der Waals surface area contributed by atoms with Crippen molar-refractivity contribution in [2.75, 3.05) is 50.7 Å². The summed E-state index contributed by atoms with van der Waals surface area (Å²) < 4.78 is 16.5. The molecule has 5 rings (SSSR count). The second-order valence-electron chi connectivity index (χ2n) is 10.4. The zero-order valence-corrected chi connectivity index (χ0v) is 23.3. The summed E-state index contributed by atoms with van der Waals surface area (Å²) in [5.41, 5.74) is 3.47. The van der Waals surface area contributed by atoms with Crippen molar-refractivity contribution < 1.29 is 23.8 Å². The van der Waals surface area contributed by atoms with Crippen LogP contribution in [0.5, 0.6) is 11.5 Å². The number of hydrogen-bond acceptors (Lipinski definition) is 9. The van der Waals surface area contributed by atoms with Gasteiger partial charge < -0.3 is 24.4 Å². The average molecular weight is 543 g/mol. The Bertz CT molecular complexity index is 1490. The van der Waals surface area contributed by atoms with Crippen molar-refractivity contribution in [3.8, 4) is 11.5 Å². The standard InChI is InChI=1S/C31H34N4O5/c1-19-11-20(2)17-35(16-19)27-7-5-21(12-23(27)24-13-22(36)6-8-28(24)37)34-31-25-14-29(39-4)30(40-10-9-38-3)15-26(25)32-18-33-31/h5-8,12-15,18-20H,9-11,16-17H2,1-4H3,(H,32,33,34). The minimum absolute atomic E-state index is 0.186. The van der Waals surface area contributed by atoms with Gasteiger partial charge in [-0.3, -0.25) is 9.59 Å². The summed E-state index contributed by atoms with van der Waals surface area (Å²) in [5.74, 6) is 2.36. The number of carbonyl (C=O) groups is 2. The van der Waals surface area contributed by atoms with Gasteiger partial charge in [0.2, 0.25) is 0 Å². The van der Waals surface area contributed by atoms with Gasteiger partial charge in [-0.25, -0.2) is 9.97 Å². The van der Waals surface area contributed by atoms with Crippen LogP contribution in [0.3, 0.4) is 0 Å². The molecular weight excluding hydrogens is 508 g/mol. The Labute approximate surface area is 233 Å². The van der Waals surface area contributed by atoms with E-state index in [1.807, 2.05) is 30.3 Å². The maximum Gasteiger partial charge on any atom is 0.186 e. The predicted octanol–water partition coefficient (Wildman–Crippen LogP) is 4.98. The Morgan fingerprint density at radius 1 is 0.975 bits per heavy atom. The SMILES string of the molecule is COCCOc1cc2ncnc(Nc3ccc(N4CC(C)CC(C)C4)c(C4=CC(=O)C=CC4=O)c3)c2cc1OC. The molecule has 1 aliphatic heterocycles. The second-order valence-corrected chi connectivity index (χ2v) is 10.4. The minimum atomic E-state index is -0.197. The highest BCUT2D eigenvalue weighted by molar-refractivity contribution is 6.34. The van der Waals surface area contributed by atoms with Crippen molar-refractivity contribution in [2.24, 2.45) is 11.8 Å². The summed E-state index contributed by atoms with van der Waals surface area (Å²) in [4.78, 5) is 36.5. The highest BCUT2D eigenvalue weighted by atomic mass is 16.5. The lowest BCUT2D eigenvalue weighted by atomic mass is 9.89. The normalized spacial score (nSPS) is 19.1. The summed E-state index contributed by atoms with van der Waals surface area (Å²) in [6.07, 6.45) is 6.74. The minimum Gasteiger partial charge on any atom is -0.493 e. The molecule has 2 unspecified atom stereocenters. The van der Waals surface area contributed by atoms with Crippen molar-refractivity contribution in [2.45, 2.75) is 20.3 Å². The quantitative estimate of drug-likeness (QED) is 0.296. The first-order valence-electron chi connectivity index (χ1n) is 13.4. The van der Waals surface area contributed by atoms with Crippen LogP contribution >= 0.6 is 0 Å². The van der Waals surface area contributed by atoms with Crippen LogP contribution in [0.1, 0.15) is 25.8 Å². The monoisotopic (exact) mass is 542 g/mol. The van der Waals surface area contributed by atoms with Gasteiger partial charge in [0.05, 0.1) is 19.2 Å². The lowest BCUT2D eigenvalue weighted by Gasteiger charge is -2.38. The molecule has 1 saturated heterocycles. The Hall–Kier alpha value is -4.24. The van der Waals surface area contributed by atoms with Crippen molar-refractivity contribution in [1.82, 2.24) is 9.97 Å². The number of methoxy groups -OCH3 is 2. The van der Waals surface area contributed by atoms with E-state index in [0.29, 0.717) is 53.5 Å². The number of anilines is 3. The Balaban J connectivity index is 1.54. The number of carbonyl (C=O) groups excluding carboxylic acids is 2. The van der Waals surface area contributed by atoms with Gasteiger partial charge >= 0.3 is 0 Å².